The molecular formula is C21H24N4O2. The van der Waals surface area contributed by atoms with Crippen LogP contribution in [0.25, 0.3) is 22.6 Å². The van der Waals surface area contributed by atoms with Gasteiger partial charge in [0, 0.05) is 37.4 Å². The van der Waals surface area contributed by atoms with E-state index in [0.717, 1.165) is 49.4 Å². The number of rotatable bonds is 5. The molecular weight excluding hydrogens is 340 g/mol. The third-order valence-electron chi connectivity index (χ3n) is 4.86. The fourth-order valence-electron chi connectivity index (χ4n) is 3.28. The molecule has 2 aromatic carbocycles. The maximum Gasteiger partial charge on any atom is 0.238 e. The third-order valence-corrected chi connectivity index (χ3v) is 4.86. The van der Waals surface area contributed by atoms with Crippen LogP contribution in [0.1, 0.15) is 12.5 Å². The molecule has 0 atom stereocenters. The van der Waals surface area contributed by atoms with E-state index in [0.29, 0.717) is 18.0 Å². The van der Waals surface area contributed by atoms with Gasteiger partial charge in [0.15, 0.2) is 5.58 Å². The van der Waals surface area contributed by atoms with Crippen LogP contribution in [-0.2, 0) is 11.2 Å². The maximum atomic E-state index is 12.3. The van der Waals surface area contributed by atoms with Crippen molar-refractivity contribution in [1.82, 2.24) is 15.2 Å². The number of carbonyl (C=O) groups is 1. The molecule has 0 aliphatic carbocycles. The second-order valence-corrected chi connectivity index (χ2v) is 6.83. The number of benzene rings is 2. The Bertz CT molecular complexity index is 927. The van der Waals surface area contributed by atoms with E-state index in [-0.39, 0.29) is 5.91 Å². The number of nitrogens with zero attached hydrogens (tertiary/aromatic N) is 2. The Labute approximate surface area is 158 Å². The molecule has 0 saturated carbocycles. The van der Waals surface area contributed by atoms with Gasteiger partial charge < -0.3 is 15.1 Å². The van der Waals surface area contributed by atoms with Gasteiger partial charge in [0.1, 0.15) is 5.52 Å². The molecule has 6 nitrogen and oxygen atoms in total. The standard InChI is InChI=1S/C21H24N4O2/c1-2-15-3-5-16(6-4-15)21-24-18-13-17(7-8-19(18)27-21)23-20(26)14-25-11-9-22-10-12-25/h3-8,13,22H,2,9-12,14H2,1H3,(H,23,26). The van der Waals surface area contributed by atoms with E-state index in [1.54, 1.807) is 0 Å². The van der Waals surface area contributed by atoms with Crippen molar-refractivity contribution < 1.29 is 9.21 Å². The molecule has 1 amide bonds. The zero-order valence-electron chi connectivity index (χ0n) is 15.5. The van der Waals surface area contributed by atoms with Crippen LogP contribution in [0.15, 0.2) is 46.9 Å². The van der Waals surface area contributed by atoms with Crippen molar-refractivity contribution in [3.63, 3.8) is 0 Å². The number of hydrogen-bond acceptors (Lipinski definition) is 5. The van der Waals surface area contributed by atoms with E-state index >= 15 is 0 Å². The lowest BCUT2D eigenvalue weighted by Gasteiger charge is -2.26. The first-order chi connectivity index (χ1) is 13.2. The molecule has 0 bridgehead atoms. The van der Waals surface area contributed by atoms with E-state index in [9.17, 15) is 4.79 Å². The van der Waals surface area contributed by atoms with Crippen LogP contribution in [0, 0.1) is 0 Å². The summed E-state index contributed by atoms with van der Waals surface area (Å²) >= 11 is 0. The molecule has 0 unspecified atom stereocenters. The lowest BCUT2D eigenvalue weighted by molar-refractivity contribution is -0.117. The zero-order valence-corrected chi connectivity index (χ0v) is 15.5. The Morgan fingerprint density at radius 3 is 2.70 bits per heavy atom. The number of carbonyl (C=O) groups excluding carboxylic acids is 1. The van der Waals surface area contributed by atoms with Gasteiger partial charge in [0.25, 0.3) is 0 Å². The van der Waals surface area contributed by atoms with Gasteiger partial charge in [-0.15, -0.1) is 0 Å². The maximum absolute atomic E-state index is 12.3. The van der Waals surface area contributed by atoms with Gasteiger partial charge in [-0.2, -0.15) is 0 Å². The van der Waals surface area contributed by atoms with Gasteiger partial charge >= 0.3 is 0 Å². The summed E-state index contributed by atoms with van der Waals surface area (Å²) in [4.78, 5) is 19.0. The predicted octanol–water partition coefficient (Wildman–Crippen LogP) is 2.90. The van der Waals surface area contributed by atoms with Crippen LogP contribution < -0.4 is 10.6 Å². The number of aromatic nitrogens is 1. The molecule has 140 valence electrons. The van der Waals surface area contributed by atoms with Crippen molar-refractivity contribution in [2.45, 2.75) is 13.3 Å². The molecule has 1 fully saturated rings. The zero-order chi connectivity index (χ0) is 18.6. The average Bonchev–Trinajstić information content (AvgIpc) is 3.12. The number of nitrogens with one attached hydrogen (secondary N) is 2. The van der Waals surface area contributed by atoms with Crippen LogP contribution in [0.4, 0.5) is 5.69 Å². The van der Waals surface area contributed by atoms with Crippen molar-refractivity contribution in [3.05, 3.63) is 48.0 Å². The van der Waals surface area contributed by atoms with Crippen molar-refractivity contribution in [1.29, 1.82) is 0 Å². The van der Waals surface area contributed by atoms with Crippen molar-refractivity contribution in [2.24, 2.45) is 0 Å². The van der Waals surface area contributed by atoms with Crippen LogP contribution in [0.5, 0.6) is 0 Å². The highest BCUT2D eigenvalue weighted by molar-refractivity contribution is 5.94. The highest BCUT2D eigenvalue weighted by Gasteiger charge is 2.14. The minimum Gasteiger partial charge on any atom is -0.436 e. The Morgan fingerprint density at radius 1 is 1.19 bits per heavy atom. The monoisotopic (exact) mass is 364 g/mol. The highest BCUT2D eigenvalue weighted by Crippen LogP contribution is 2.26. The topological polar surface area (TPSA) is 70.4 Å². The fraction of sp³-hybridized carbons (Fsp3) is 0.333. The first-order valence-electron chi connectivity index (χ1n) is 9.44. The SMILES string of the molecule is CCc1ccc(-c2nc3cc(NC(=O)CN4CCNCC4)ccc3o2)cc1. The highest BCUT2D eigenvalue weighted by atomic mass is 16.3. The summed E-state index contributed by atoms with van der Waals surface area (Å²) < 4.78 is 5.87. The molecule has 6 heteroatoms. The van der Waals surface area contributed by atoms with E-state index in [1.807, 2.05) is 30.3 Å². The number of piperazine rings is 1. The van der Waals surface area contributed by atoms with Crippen molar-refractivity contribution in [3.8, 4) is 11.5 Å². The second kappa shape index (κ2) is 7.90. The molecule has 1 aliphatic rings. The molecule has 0 spiro atoms. The van der Waals surface area contributed by atoms with Crippen LogP contribution in [0.3, 0.4) is 0 Å². The van der Waals surface area contributed by atoms with Gasteiger partial charge in [0.05, 0.1) is 6.54 Å². The summed E-state index contributed by atoms with van der Waals surface area (Å²) in [7, 11) is 0. The molecule has 4 rings (SSSR count). The quantitative estimate of drug-likeness (QED) is 0.728. The lowest BCUT2D eigenvalue weighted by Crippen LogP contribution is -2.46. The predicted molar refractivity (Wildman–Crippen MR) is 107 cm³/mol. The minimum absolute atomic E-state index is 0.00452. The van der Waals surface area contributed by atoms with Crippen LogP contribution in [0.2, 0.25) is 0 Å². The van der Waals surface area contributed by atoms with Crippen molar-refractivity contribution >= 4 is 22.7 Å². The number of hydrogen-bond donors (Lipinski definition) is 2. The summed E-state index contributed by atoms with van der Waals surface area (Å²) in [6, 6.07) is 13.8. The Kier molecular flexibility index (Phi) is 5.18. The summed E-state index contributed by atoms with van der Waals surface area (Å²) in [5, 5.41) is 6.25. The molecule has 1 aliphatic heterocycles. The third kappa shape index (κ3) is 4.18. The Morgan fingerprint density at radius 2 is 1.96 bits per heavy atom. The van der Waals surface area contributed by atoms with E-state index in [4.69, 9.17) is 4.42 Å². The van der Waals surface area contributed by atoms with E-state index < -0.39 is 0 Å². The molecule has 1 saturated heterocycles. The summed E-state index contributed by atoms with van der Waals surface area (Å²) in [6.45, 7) is 6.20. The van der Waals surface area contributed by atoms with Crippen molar-refractivity contribution in [2.75, 3.05) is 38.0 Å². The number of aryl methyl sites for hydroxylation is 1. The van der Waals surface area contributed by atoms with Gasteiger partial charge in [0.2, 0.25) is 11.8 Å². The van der Waals surface area contributed by atoms with Crippen LogP contribution in [-0.4, -0.2) is 48.5 Å². The van der Waals surface area contributed by atoms with E-state index in [1.165, 1.54) is 5.56 Å². The normalized spacial score (nSPS) is 15.1. The summed E-state index contributed by atoms with van der Waals surface area (Å²) in [6.07, 6.45) is 1.00. The van der Waals surface area contributed by atoms with Crippen LogP contribution >= 0.6 is 0 Å². The molecule has 1 aromatic heterocycles. The first kappa shape index (κ1) is 17.7. The van der Waals surface area contributed by atoms with Gasteiger partial charge in [-0.1, -0.05) is 19.1 Å². The first-order valence-corrected chi connectivity index (χ1v) is 9.44. The summed E-state index contributed by atoms with van der Waals surface area (Å²) in [5.74, 6) is 0.590. The van der Waals surface area contributed by atoms with Gasteiger partial charge in [-0.05, 0) is 42.3 Å². The smallest absolute Gasteiger partial charge is 0.238 e. The largest absolute Gasteiger partial charge is 0.436 e. The molecule has 2 N–H and O–H groups in total. The molecule has 27 heavy (non-hydrogen) atoms. The molecule has 3 aromatic rings. The molecule has 0 radical (unpaired) electrons. The Hall–Kier alpha value is -2.70. The number of oxazole rings is 1. The lowest BCUT2D eigenvalue weighted by atomic mass is 10.1. The minimum atomic E-state index is -0.00452. The second-order valence-electron chi connectivity index (χ2n) is 6.83. The Balaban J connectivity index is 1.47. The van der Waals surface area contributed by atoms with Gasteiger partial charge in [-0.25, -0.2) is 4.98 Å². The fourth-order valence-corrected chi connectivity index (χ4v) is 3.28. The summed E-state index contributed by atoms with van der Waals surface area (Å²) in [5.41, 5.74) is 4.43. The van der Waals surface area contributed by atoms with E-state index in [2.05, 4.69) is 39.6 Å². The van der Waals surface area contributed by atoms with Gasteiger partial charge in [-0.3, -0.25) is 9.69 Å². The molecule has 2 heterocycles. The number of fused-ring (bicyclic) bond motifs is 1. The number of anilines is 1. The average molecular weight is 364 g/mol. The number of amides is 1.